The van der Waals surface area contributed by atoms with Crippen LogP contribution in [0.1, 0.15) is 31.4 Å². The number of nitrogens with one attached hydrogen (secondary N) is 1. The normalized spacial score (nSPS) is 23.3. The van der Waals surface area contributed by atoms with Gasteiger partial charge >= 0.3 is 5.97 Å². The van der Waals surface area contributed by atoms with Crippen molar-refractivity contribution in [3.05, 3.63) is 35.6 Å². The molecule has 1 aromatic carbocycles. The van der Waals surface area contributed by atoms with Crippen LogP contribution in [-0.4, -0.2) is 29.2 Å². The zero-order valence-corrected chi connectivity index (χ0v) is 11.0. The Morgan fingerprint density at radius 3 is 2.70 bits per heavy atom. The van der Waals surface area contributed by atoms with Gasteiger partial charge in [-0.3, -0.25) is 4.79 Å². The summed E-state index contributed by atoms with van der Waals surface area (Å²) in [6, 6.07) is 5.59. The molecule has 0 saturated carbocycles. The molecule has 3 atom stereocenters. The molecule has 1 saturated heterocycles. The van der Waals surface area contributed by atoms with Crippen molar-refractivity contribution in [2.45, 2.75) is 38.0 Å². The highest BCUT2D eigenvalue weighted by Crippen LogP contribution is 2.21. The van der Waals surface area contributed by atoms with Crippen LogP contribution in [0.4, 0.5) is 4.39 Å². The number of ether oxygens (including phenoxy) is 1. The molecule has 108 valence electrons. The van der Waals surface area contributed by atoms with Gasteiger partial charge in [-0.1, -0.05) is 12.1 Å². The molecule has 1 fully saturated rings. The molecule has 0 spiro atoms. The lowest BCUT2D eigenvalue weighted by molar-refractivity contribution is -0.151. The summed E-state index contributed by atoms with van der Waals surface area (Å²) < 4.78 is 18.3. The predicted molar refractivity (Wildman–Crippen MR) is 68.5 cm³/mol. The molecule has 1 amide bonds. The number of benzene rings is 1. The van der Waals surface area contributed by atoms with Crippen molar-refractivity contribution in [1.82, 2.24) is 5.32 Å². The second kappa shape index (κ2) is 6.00. The van der Waals surface area contributed by atoms with Crippen LogP contribution in [0.15, 0.2) is 24.3 Å². The second-order valence-electron chi connectivity index (χ2n) is 4.81. The topological polar surface area (TPSA) is 75.6 Å². The third-order valence-electron chi connectivity index (χ3n) is 3.29. The number of carbonyl (C=O) groups excluding carboxylic acids is 1. The Morgan fingerprint density at radius 2 is 2.10 bits per heavy atom. The summed E-state index contributed by atoms with van der Waals surface area (Å²) in [5.74, 6) is -1.80. The van der Waals surface area contributed by atoms with E-state index in [-0.39, 0.29) is 17.8 Å². The van der Waals surface area contributed by atoms with E-state index in [0.29, 0.717) is 18.4 Å². The molecule has 1 aliphatic rings. The summed E-state index contributed by atoms with van der Waals surface area (Å²) in [6.07, 6.45) is -0.984. The minimum absolute atomic E-state index is 0.321. The average Bonchev–Trinajstić information content (AvgIpc) is 2.88. The minimum Gasteiger partial charge on any atom is -0.479 e. The monoisotopic (exact) mass is 281 g/mol. The summed E-state index contributed by atoms with van der Waals surface area (Å²) in [5.41, 5.74) is 0.645. The zero-order chi connectivity index (χ0) is 14.7. The van der Waals surface area contributed by atoms with Crippen molar-refractivity contribution in [3.63, 3.8) is 0 Å². The van der Waals surface area contributed by atoms with Crippen LogP contribution >= 0.6 is 0 Å². The van der Waals surface area contributed by atoms with Gasteiger partial charge in [0.25, 0.3) is 0 Å². The molecule has 20 heavy (non-hydrogen) atoms. The van der Waals surface area contributed by atoms with Crippen LogP contribution in [0.25, 0.3) is 0 Å². The number of rotatable bonds is 4. The molecular formula is C14H16FNO4. The van der Waals surface area contributed by atoms with E-state index >= 15 is 0 Å². The van der Waals surface area contributed by atoms with Gasteiger partial charge in [0.05, 0.1) is 6.04 Å². The summed E-state index contributed by atoms with van der Waals surface area (Å²) in [6.45, 7) is 1.73. The molecule has 0 aromatic heterocycles. The number of aliphatic carboxylic acids is 1. The molecular weight excluding hydrogens is 265 g/mol. The third-order valence-corrected chi connectivity index (χ3v) is 3.29. The van der Waals surface area contributed by atoms with E-state index in [1.807, 2.05) is 0 Å². The van der Waals surface area contributed by atoms with Gasteiger partial charge in [-0.15, -0.1) is 0 Å². The molecule has 2 rings (SSSR count). The SMILES string of the molecule is CC(NC(=O)C1CCC(C(=O)O)O1)c1cccc(F)c1. The summed E-state index contributed by atoms with van der Waals surface area (Å²) in [4.78, 5) is 22.7. The molecule has 2 N–H and O–H groups in total. The largest absolute Gasteiger partial charge is 0.479 e. The number of carbonyl (C=O) groups is 2. The van der Waals surface area contributed by atoms with E-state index < -0.39 is 18.2 Å². The van der Waals surface area contributed by atoms with Gasteiger partial charge in [-0.05, 0) is 37.5 Å². The Labute approximate surface area is 115 Å². The van der Waals surface area contributed by atoms with Crippen molar-refractivity contribution >= 4 is 11.9 Å². The highest BCUT2D eigenvalue weighted by molar-refractivity contribution is 5.82. The van der Waals surface area contributed by atoms with Crippen LogP contribution in [0.2, 0.25) is 0 Å². The van der Waals surface area contributed by atoms with Crippen molar-refractivity contribution in [2.24, 2.45) is 0 Å². The first kappa shape index (κ1) is 14.5. The van der Waals surface area contributed by atoms with E-state index in [0.717, 1.165) is 0 Å². The predicted octanol–water partition coefficient (Wildman–Crippen LogP) is 1.64. The maximum Gasteiger partial charge on any atom is 0.332 e. The quantitative estimate of drug-likeness (QED) is 0.879. The van der Waals surface area contributed by atoms with Gasteiger partial charge in [-0.25, -0.2) is 9.18 Å². The van der Waals surface area contributed by atoms with E-state index in [2.05, 4.69) is 5.32 Å². The highest BCUT2D eigenvalue weighted by Gasteiger charge is 2.35. The van der Waals surface area contributed by atoms with Crippen LogP contribution in [0.5, 0.6) is 0 Å². The van der Waals surface area contributed by atoms with Crippen LogP contribution < -0.4 is 5.32 Å². The van der Waals surface area contributed by atoms with E-state index in [9.17, 15) is 14.0 Å². The Bertz CT molecular complexity index is 520. The first-order chi connectivity index (χ1) is 9.47. The van der Waals surface area contributed by atoms with Gasteiger partial charge in [0.15, 0.2) is 6.10 Å². The molecule has 6 heteroatoms. The van der Waals surface area contributed by atoms with Crippen molar-refractivity contribution in [2.75, 3.05) is 0 Å². The highest BCUT2D eigenvalue weighted by atomic mass is 19.1. The van der Waals surface area contributed by atoms with Gasteiger partial charge in [-0.2, -0.15) is 0 Å². The number of amides is 1. The summed E-state index contributed by atoms with van der Waals surface area (Å²) >= 11 is 0. The second-order valence-corrected chi connectivity index (χ2v) is 4.81. The molecule has 1 heterocycles. The smallest absolute Gasteiger partial charge is 0.332 e. The number of hydrogen-bond donors (Lipinski definition) is 2. The number of halogens is 1. The maximum atomic E-state index is 13.1. The Balaban J connectivity index is 1.93. The fourth-order valence-corrected chi connectivity index (χ4v) is 2.18. The summed E-state index contributed by atoms with van der Waals surface area (Å²) in [7, 11) is 0. The maximum absolute atomic E-state index is 13.1. The first-order valence-corrected chi connectivity index (χ1v) is 6.41. The van der Waals surface area contributed by atoms with Gasteiger partial charge in [0, 0.05) is 0 Å². The lowest BCUT2D eigenvalue weighted by Crippen LogP contribution is -2.37. The minimum atomic E-state index is -1.06. The lowest BCUT2D eigenvalue weighted by atomic mass is 10.1. The summed E-state index contributed by atoms with van der Waals surface area (Å²) in [5, 5.41) is 11.5. The Morgan fingerprint density at radius 1 is 1.40 bits per heavy atom. The molecule has 3 unspecified atom stereocenters. The standard InChI is InChI=1S/C14H16FNO4/c1-8(9-3-2-4-10(15)7-9)16-13(17)11-5-6-12(20-11)14(18)19/h2-4,7-8,11-12H,5-6H2,1H3,(H,16,17)(H,18,19). The van der Waals surface area contributed by atoms with Crippen LogP contribution in [0.3, 0.4) is 0 Å². The fourth-order valence-electron chi connectivity index (χ4n) is 2.18. The fraction of sp³-hybridized carbons (Fsp3) is 0.429. The van der Waals surface area contributed by atoms with Crippen LogP contribution in [0, 0.1) is 5.82 Å². The van der Waals surface area contributed by atoms with E-state index in [1.54, 1.807) is 19.1 Å². The Kier molecular flexibility index (Phi) is 4.34. The van der Waals surface area contributed by atoms with Crippen molar-refractivity contribution < 1.29 is 23.8 Å². The molecule has 0 aliphatic carbocycles. The van der Waals surface area contributed by atoms with Gasteiger partial charge in [0.1, 0.15) is 11.9 Å². The molecule has 0 bridgehead atoms. The number of carboxylic acid groups (broad SMARTS) is 1. The van der Waals surface area contributed by atoms with Gasteiger partial charge in [0.2, 0.25) is 5.91 Å². The first-order valence-electron chi connectivity index (χ1n) is 6.41. The van der Waals surface area contributed by atoms with E-state index in [1.165, 1.54) is 12.1 Å². The van der Waals surface area contributed by atoms with Gasteiger partial charge < -0.3 is 15.2 Å². The van der Waals surface area contributed by atoms with Crippen molar-refractivity contribution in [3.8, 4) is 0 Å². The average molecular weight is 281 g/mol. The zero-order valence-electron chi connectivity index (χ0n) is 11.0. The lowest BCUT2D eigenvalue weighted by Gasteiger charge is -2.17. The molecule has 1 aliphatic heterocycles. The Hall–Kier alpha value is -1.95. The number of carboxylic acids is 1. The molecule has 1 aromatic rings. The van der Waals surface area contributed by atoms with Crippen LogP contribution in [-0.2, 0) is 14.3 Å². The van der Waals surface area contributed by atoms with Crippen molar-refractivity contribution in [1.29, 1.82) is 0 Å². The van der Waals surface area contributed by atoms with E-state index in [4.69, 9.17) is 9.84 Å². The number of hydrogen-bond acceptors (Lipinski definition) is 3. The third kappa shape index (κ3) is 3.33. The molecule has 0 radical (unpaired) electrons. The molecule has 5 nitrogen and oxygen atoms in total.